The van der Waals surface area contributed by atoms with Crippen LogP contribution in [0.1, 0.15) is 12.5 Å². The molecule has 0 aliphatic rings. The predicted molar refractivity (Wildman–Crippen MR) is 74.5 cm³/mol. The van der Waals surface area contributed by atoms with E-state index in [9.17, 15) is 8.42 Å². The highest BCUT2D eigenvalue weighted by atomic mass is 32.2. The van der Waals surface area contributed by atoms with E-state index in [0.29, 0.717) is 0 Å². The van der Waals surface area contributed by atoms with Gasteiger partial charge in [0.1, 0.15) is 0 Å². The number of aryl methyl sites for hydroxylation is 1. The molecule has 0 saturated carbocycles. The van der Waals surface area contributed by atoms with E-state index in [1.807, 2.05) is 25.1 Å². The first-order valence-electron chi connectivity index (χ1n) is 6.50. The van der Waals surface area contributed by atoms with Crippen molar-refractivity contribution in [3.05, 3.63) is 65.7 Å². The van der Waals surface area contributed by atoms with Crippen molar-refractivity contribution in [1.29, 1.82) is 0 Å². The second kappa shape index (κ2) is 5.99. The highest BCUT2D eigenvalue weighted by Gasteiger charge is 2.14. The standard InChI is InChI=1S/C15H16O3S/c1-13-7-9-15(10-8-13)19(16,17)18-12-11-14-5-3-2-4-6-14/h2-10H,11-12H2,1H3/i11D/t11-/m1/s1. The predicted octanol–water partition coefficient (Wildman–Crippen LogP) is 2.94. The quantitative estimate of drug-likeness (QED) is 0.789. The zero-order valence-corrected chi connectivity index (χ0v) is 11.4. The third-order valence-corrected chi connectivity index (χ3v) is 3.95. The topological polar surface area (TPSA) is 43.4 Å². The number of hydrogen-bond acceptors (Lipinski definition) is 3. The third kappa shape index (κ3) is 3.91. The Balaban J connectivity index is 2.04. The van der Waals surface area contributed by atoms with Gasteiger partial charge in [-0.05, 0) is 31.0 Å². The SMILES string of the molecule is [2H][C@H](COS(=O)(=O)c1ccc(C)cc1)c1ccccc1. The van der Waals surface area contributed by atoms with Gasteiger partial charge in [0.15, 0.2) is 0 Å². The van der Waals surface area contributed by atoms with Gasteiger partial charge in [-0.25, -0.2) is 0 Å². The Morgan fingerprint density at radius 2 is 1.68 bits per heavy atom. The molecule has 0 saturated heterocycles. The summed E-state index contributed by atoms with van der Waals surface area (Å²) in [4.78, 5) is 0.114. The van der Waals surface area contributed by atoms with Crippen LogP contribution in [-0.4, -0.2) is 15.0 Å². The molecule has 0 amide bonds. The fourth-order valence-electron chi connectivity index (χ4n) is 1.58. The Kier molecular flexibility index (Phi) is 3.91. The molecule has 2 aromatic rings. The molecule has 0 unspecified atom stereocenters. The first-order valence-corrected chi connectivity index (χ1v) is 7.33. The average molecular weight is 277 g/mol. The second-order valence-corrected chi connectivity index (χ2v) is 5.78. The molecule has 0 aromatic heterocycles. The third-order valence-electron chi connectivity index (χ3n) is 2.65. The molecule has 19 heavy (non-hydrogen) atoms. The van der Waals surface area contributed by atoms with Crippen LogP contribution in [0.15, 0.2) is 59.5 Å². The second-order valence-electron chi connectivity index (χ2n) is 4.17. The van der Waals surface area contributed by atoms with Gasteiger partial charge >= 0.3 is 0 Å². The molecule has 3 nitrogen and oxygen atoms in total. The van der Waals surface area contributed by atoms with Crippen molar-refractivity contribution in [1.82, 2.24) is 0 Å². The van der Waals surface area contributed by atoms with Crippen molar-refractivity contribution in [3.8, 4) is 0 Å². The van der Waals surface area contributed by atoms with Crippen LogP contribution in [0.25, 0.3) is 0 Å². The smallest absolute Gasteiger partial charge is 0.266 e. The summed E-state index contributed by atoms with van der Waals surface area (Å²) >= 11 is 0. The van der Waals surface area contributed by atoms with E-state index >= 15 is 0 Å². The average Bonchev–Trinajstić information content (AvgIpc) is 2.46. The molecule has 1 atom stereocenters. The van der Waals surface area contributed by atoms with Gasteiger partial charge in [0, 0.05) is 1.37 Å². The zero-order valence-electron chi connectivity index (χ0n) is 11.6. The van der Waals surface area contributed by atoms with Crippen LogP contribution >= 0.6 is 0 Å². The van der Waals surface area contributed by atoms with Crippen molar-refractivity contribution in [2.45, 2.75) is 18.2 Å². The largest absolute Gasteiger partial charge is 0.296 e. The molecule has 100 valence electrons. The number of rotatable bonds is 5. The lowest BCUT2D eigenvalue weighted by Gasteiger charge is -2.06. The Bertz CT molecular complexity index is 651. The fraction of sp³-hybridized carbons (Fsp3) is 0.200. The summed E-state index contributed by atoms with van der Waals surface area (Å²) in [5.41, 5.74) is 1.71. The minimum Gasteiger partial charge on any atom is -0.266 e. The molecule has 4 heteroatoms. The molecule has 2 rings (SSSR count). The summed E-state index contributed by atoms with van der Waals surface area (Å²) in [6, 6.07) is 15.5. The maximum Gasteiger partial charge on any atom is 0.296 e. The van der Waals surface area contributed by atoms with Crippen molar-refractivity contribution in [2.75, 3.05) is 6.61 Å². The minimum absolute atomic E-state index is 0.114. The molecular formula is C15H16O3S. The molecule has 2 aromatic carbocycles. The van der Waals surface area contributed by atoms with E-state index < -0.39 is 16.5 Å². The van der Waals surface area contributed by atoms with E-state index in [-0.39, 0.29) is 11.5 Å². The zero-order chi connectivity index (χ0) is 14.6. The van der Waals surface area contributed by atoms with Gasteiger partial charge in [0.25, 0.3) is 10.1 Å². The van der Waals surface area contributed by atoms with Gasteiger partial charge < -0.3 is 0 Å². The summed E-state index contributed by atoms with van der Waals surface area (Å²) in [6.45, 7) is 1.69. The van der Waals surface area contributed by atoms with Crippen LogP contribution < -0.4 is 0 Å². The molecule has 0 radical (unpaired) electrons. The monoisotopic (exact) mass is 277 g/mol. The van der Waals surface area contributed by atoms with Gasteiger partial charge in [0.2, 0.25) is 0 Å². The Morgan fingerprint density at radius 3 is 2.32 bits per heavy atom. The van der Waals surface area contributed by atoms with Crippen LogP contribution in [0.4, 0.5) is 0 Å². The first-order chi connectivity index (χ1) is 9.49. The van der Waals surface area contributed by atoms with Gasteiger partial charge in [-0.15, -0.1) is 0 Å². The molecule has 0 bridgehead atoms. The minimum atomic E-state index is -3.80. The lowest BCUT2D eigenvalue weighted by Crippen LogP contribution is -2.09. The lowest BCUT2D eigenvalue weighted by molar-refractivity contribution is 0.322. The molecule has 0 heterocycles. The molecular weight excluding hydrogens is 260 g/mol. The summed E-state index contributed by atoms with van der Waals surface area (Å²) in [7, 11) is -3.80. The fourth-order valence-corrected chi connectivity index (χ4v) is 2.43. The summed E-state index contributed by atoms with van der Waals surface area (Å²) in [6.07, 6.45) is -0.726. The van der Waals surface area contributed by atoms with Crippen LogP contribution in [0.2, 0.25) is 0 Å². The van der Waals surface area contributed by atoms with Crippen LogP contribution in [0, 0.1) is 6.92 Å². The van der Waals surface area contributed by atoms with Crippen molar-refractivity contribution in [2.24, 2.45) is 0 Å². The van der Waals surface area contributed by atoms with Gasteiger partial charge in [0.05, 0.1) is 11.5 Å². The Labute approximate surface area is 115 Å². The van der Waals surface area contributed by atoms with Crippen molar-refractivity contribution < 1.29 is 14.0 Å². The maximum atomic E-state index is 12.0. The molecule has 0 spiro atoms. The summed E-state index contributed by atoms with van der Waals surface area (Å²) in [5, 5.41) is 0. The van der Waals surface area contributed by atoms with Crippen LogP contribution in [-0.2, 0) is 20.7 Å². The van der Waals surface area contributed by atoms with E-state index in [1.54, 1.807) is 24.3 Å². The van der Waals surface area contributed by atoms with Gasteiger partial charge in [-0.3, -0.25) is 4.18 Å². The molecule has 0 fully saturated rings. The number of hydrogen-bond donors (Lipinski definition) is 0. The highest BCUT2D eigenvalue weighted by molar-refractivity contribution is 7.86. The summed E-state index contributed by atoms with van der Waals surface area (Å²) in [5.74, 6) is 0. The highest BCUT2D eigenvalue weighted by Crippen LogP contribution is 2.13. The maximum absolute atomic E-state index is 12.0. The van der Waals surface area contributed by atoms with E-state index in [0.717, 1.165) is 11.1 Å². The Hall–Kier alpha value is -1.65. The Morgan fingerprint density at radius 1 is 1.05 bits per heavy atom. The molecule has 0 aliphatic heterocycles. The van der Waals surface area contributed by atoms with Crippen molar-refractivity contribution in [3.63, 3.8) is 0 Å². The summed E-state index contributed by atoms with van der Waals surface area (Å²) < 4.78 is 36.8. The lowest BCUT2D eigenvalue weighted by atomic mass is 10.2. The van der Waals surface area contributed by atoms with Crippen LogP contribution in [0.5, 0.6) is 0 Å². The number of benzene rings is 2. The van der Waals surface area contributed by atoms with E-state index in [1.165, 1.54) is 12.1 Å². The van der Waals surface area contributed by atoms with Crippen LogP contribution in [0.3, 0.4) is 0 Å². The molecule has 0 N–H and O–H groups in total. The van der Waals surface area contributed by atoms with Gasteiger partial charge in [-0.2, -0.15) is 8.42 Å². The van der Waals surface area contributed by atoms with Crippen molar-refractivity contribution >= 4 is 10.1 Å². The van der Waals surface area contributed by atoms with E-state index in [4.69, 9.17) is 5.55 Å². The molecule has 0 aliphatic carbocycles. The normalized spacial score (nSPS) is 13.8. The van der Waals surface area contributed by atoms with E-state index in [2.05, 4.69) is 0 Å². The first kappa shape index (κ1) is 12.4. The van der Waals surface area contributed by atoms with Gasteiger partial charge in [-0.1, -0.05) is 48.0 Å².